The first-order valence-electron chi connectivity index (χ1n) is 6.11. The third-order valence-corrected chi connectivity index (χ3v) is 2.57. The summed E-state index contributed by atoms with van der Waals surface area (Å²) >= 11 is 0. The highest BCUT2D eigenvalue weighted by atomic mass is 16.2. The number of unbranched alkanes of at least 4 members (excludes halogenated alkanes) is 1. The Balaban J connectivity index is 3.79. The summed E-state index contributed by atoms with van der Waals surface area (Å²) < 4.78 is 0. The van der Waals surface area contributed by atoms with Crippen molar-refractivity contribution in [2.75, 3.05) is 6.61 Å². The zero-order valence-corrected chi connectivity index (χ0v) is 11.2. The summed E-state index contributed by atoms with van der Waals surface area (Å²) in [6.45, 7) is 8.70. The van der Waals surface area contributed by atoms with E-state index in [0.717, 1.165) is 25.7 Å². The van der Waals surface area contributed by atoms with Crippen molar-refractivity contribution in [3.63, 3.8) is 0 Å². The minimum absolute atomic E-state index is 0.162. The van der Waals surface area contributed by atoms with E-state index in [4.69, 9.17) is 5.11 Å². The van der Waals surface area contributed by atoms with Crippen LogP contribution in [0.5, 0.6) is 0 Å². The fourth-order valence-corrected chi connectivity index (χ4v) is 1.46. The quantitative estimate of drug-likeness (QED) is 0.500. The maximum Gasteiger partial charge on any atom is 0.0614 e. The van der Waals surface area contributed by atoms with Crippen molar-refractivity contribution < 1.29 is 5.11 Å². The van der Waals surface area contributed by atoms with E-state index in [1.165, 1.54) is 16.7 Å². The largest absolute Gasteiger partial charge is 0.392 e. The SMILES string of the molecule is CC(C)=CCCC=C(C)CCC(C)=CCO. The average Bonchev–Trinajstić information content (AvgIpc) is 2.22. The molecule has 0 aromatic carbocycles. The van der Waals surface area contributed by atoms with Crippen LogP contribution in [0.1, 0.15) is 53.4 Å². The molecule has 0 aromatic rings. The molecule has 0 aromatic heterocycles. The Kier molecular flexibility index (Phi) is 8.93. The molecule has 1 nitrogen and oxygen atoms in total. The first kappa shape index (κ1) is 15.2. The summed E-state index contributed by atoms with van der Waals surface area (Å²) in [7, 11) is 0. The van der Waals surface area contributed by atoms with Gasteiger partial charge in [-0.25, -0.2) is 0 Å². The second-order valence-electron chi connectivity index (χ2n) is 4.64. The average molecular weight is 222 g/mol. The standard InChI is InChI=1S/C15H26O/c1-13(2)7-5-6-8-14(3)9-10-15(4)11-12-16/h7-8,11,16H,5-6,9-10,12H2,1-4H3. The molecule has 0 unspecified atom stereocenters. The molecule has 0 bridgehead atoms. The van der Waals surface area contributed by atoms with Crippen LogP contribution in [-0.2, 0) is 0 Å². The van der Waals surface area contributed by atoms with Crippen molar-refractivity contribution >= 4 is 0 Å². The number of allylic oxidation sites excluding steroid dienone is 5. The van der Waals surface area contributed by atoms with Gasteiger partial charge in [0, 0.05) is 0 Å². The highest BCUT2D eigenvalue weighted by Gasteiger charge is 1.92. The molecule has 0 atom stereocenters. The molecule has 16 heavy (non-hydrogen) atoms. The van der Waals surface area contributed by atoms with Crippen LogP contribution in [0.3, 0.4) is 0 Å². The second-order valence-corrected chi connectivity index (χ2v) is 4.64. The molecule has 0 rings (SSSR count). The van der Waals surface area contributed by atoms with Crippen LogP contribution in [-0.4, -0.2) is 11.7 Å². The summed E-state index contributed by atoms with van der Waals surface area (Å²) in [4.78, 5) is 0. The molecule has 0 heterocycles. The molecular weight excluding hydrogens is 196 g/mol. The number of hydrogen-bond donors (Lipinski definition) is 1. The molecule has 0 fully saturated rings. The molecule has 0 spiro atoms. The zero-order valence-electron chi connectivity index (χ0n) is 11.2. The topological polar surface area (TPSA) is 20.2 Å². The maximum atomic E-state index is 8.73. The maximum absolute atomic E-state index is 8.73. The van der Waals surface area contributed by atoms with Gasteiger partial charge in [-0.3, -0.25) is 0 Å². The van der Waals surface area contributed by atoms with Crippen LogP contribution in [0.25, 0.3) is 0 Å². The highest BCUT2D eigenvalue weighted by molar-refractivity contribution is 5.06. The van der Waals surface area contributed by atoms with Gasteiger partial charge in [-0.1, -0.05) is 34.9 Å². The Bertz CT molecular complexity index is 265. The fraction of sp³-hybridized carbons (Fsp3) is 0.600. The van der Waals surface area contributed by atoms with Crippen LogP contribution in [0.4, 0.5) is 0 Å². The molecule has 0 radical (unpaired) electrons. The zero-order chi connectivity index (χ0) is 12.4. The van der Waals surface area contributed by atoms with Gasteiger partial charge >= 0.3 is 0 Å². The van der Waals surface area contributed by atoms with E-state index in [-0.39, 0.29) is 6.61 Å². The fourth-order valence-electron chi connectivity index (χ4n) is 1.46. The van der Waals surface area contributed by atoms with Gasteiger partial charge in [-0.2, -0.15) is 0 Å². The van der Waals surface area contributed by atoms with Gasteiger partial charge in [0.15, 0.2) is 0 Å². The van der Waals surface area contributed by atoms with Crippen LogP contribution < -0.4 is 0 Å². The number of aliphatic hydroxyl groups is 1. The summed E-state index contributed by atoms with van der Waals surface area (Å²) in [6, 6.07) is 0. The lowest BCUT2D eigenvalue weighted by atomic mass is 10.1. The monoisotopic (exact) mass is 222 g/mol. The van der Waals surface area contributed by atoms with Crippen LogP contribution >= 0.6 is 0 Å². The summed E-state index contributed by atoms with van der Waals surface area (Å²) in [6.07, 6.45) is 10.9. The van der Waals surface area contributed by atoms with Crippen molar-refractivity contribution in [2.24, 2.45) is 0 Å². The number of aliphatic hydroxyl groups excluding tert-OH is 1. The normalized spacial score (nSPS) is 12.8. The smallest absolute Gasteiger partial charge is 0.0614 e. The third kappa shape index (κ3) is 9.72. The molecule has 0 saturated carbocycles. The molecule has 0 aliphatic rings. The summed E-state index contributed by atoms with van der Waals surface area (Å²) in [5, 5.41) is 8.73. The Hall–Kier alpha value is -0.820. The summed E-state index contributed by atoms with van der Waals surface area (Å²) in [5.74, 6) is 0. The van der Waals surface area contributed by atoms with Crippen molar-refractivity contribution in [3.8, 4) is 0 Å². The first-order valence-corrected chi connectivity index (χ1v) is 6.11. The minimum atomic E-state index is 0.162. The van der Waals surface area contributed by atoms with Gasteiger partial charge in [0.05, 0.1) is 6.61 Å². The molecule has 1 N–H and O–H groups in total. The predicted molar refractivity (Wildman–Crippen MR) is 72.5 cm³/mol. The van der Waals surface area contributed by atoms with Gasteiger partial charge in [0.2, 0.25) is 0 Å². The van der Waals surface area contributed by atoms with Crippen molar-refractivity contribution in [1.82, 2.24) is 0 Å². The van der Waals surface area contributed by atoms with E-state index < -0.39 is 0 Å². The highest BCUT2D eigenvalue weighted by Crippen LogP contribution is 2.12. The van der Waals surface area contributed by atoms with E-state index in [2.05, 4.69) is 39.8 Å². The predicted octanol–water partition coefficient (Wildman–Crippen LogP) is 4.40. The number of rotatable bonds is 7. The molecule has 0 saturated heterocycles. The third-order valence-electron chi connectivity index (χ3n) is 2.57. The Morgan fingerprint density at radius 1 is 0.812 bits per heavy atom. The Labute approximate surface area is 101 Å². The lowest BCUT2D eigenvalue weighted by Gasteiger charge is -2.02. The van der Waals surface area contributed by atoms with Crippen LogP contribution in [0.15, 0.2) is 34.9 Å². The second kappa shape index (κ2) is 9.41. The first-order chi connectivity index (χ1) is 7.56. The van der Waals surface area contributed by atoms with Gasteiger partial charge in [0.1, 0.15) is 0 Å². The molecular formula is C15H26O. The van der Waals surface area contributed by atoms with Gasteiger partial charge in [-0.15, -0.1) is 0 Å². The van der Waals surface area contributed by atoms with E-state index in [1.807, 2.05) is 6.08 Å². The van der Waals surface area contributed by atoms with E-state index in [9.17, 15) is 0 Å². The molecule has 1 heteroatoms. The van der Waals surface area contributed by atoms with Gasteiger partial charge < -0.3 is 5.11 Å². The summed E-state index contributed by atoms with van der Waals surface area (Å²) in [5.41, 5.74) is 4.13. The Morgan fingerprint density at radius 2 is 1.31 bits per heavy atom. The lowest BCUT2D eigenvalue weighted by molar-refractivity contribution is 0.341. The number of hydrogen-bond acceptors (Lipinski definition) is 1. The molecule has 0 amide bonds. The minimum Gasteiger partial charge on any atom is -0.392 e. The van der Waals surface area contributed by atoms with Crippen LogP contribution in [0, 0.1) is 0 Å². The van der Waals surface area contributed by atoms with E-state index in [1.54, 1.807) is 0 Å². The van der Waals surface area contributed by atoms with Crippen molar-refractivity contribution in [1.29, 1.82) is 0 Å². The van der Waals surface area contributed by atoms with E-state index in [0.29, 0.717) is 0 Å². The van der Waals surface area contributed by atoms with Crippen LogP contribution in [0.2, 0.25) is 0 Å². The molecule has 0 aliphatic carbocycles. The Morgan fingerprint density at radius 3 is 1.81 bits per heavy atom. The van der Waals surface area contributed by atoms with E-state index >= 15 is 0 Å². The molecule has 92 valence electrons. The van der Waals surface area contributed by atoms with Crippen molar-refractivity contribution in [2.45, 2.75) is 53.4 Å². The van der Waals surface area contributed by atoms with Crippen molar-refractivity contribution in [3.05, 3.63) is 34.9 Å². The van der Waals surface area contributed by atoms with Gasteiger partial charge in [0.25, 0.3) is 0 Å². The van der Waals surface area contributed by atoms with Gasteiger partial charge in [-0.05, 0) is 53.4 Å². The lowest BCUT2D eigenvalue weighted by Crippen LogP contribution is -1.84. The molecule has 0 aliphatic heterocycles.